The second-order valence-corrected chi connectivity index (χ2v) is 8.70. The molecule has 1 unspecified atom stereocenters. The second-order valence-electron chi connectivity index (χ2n) is 7.67. The minimum absolute atomic E-state index is 0.00962. The van der Waals surface area contributed by atoms with Gasteiger partial charge < -0.3 is 21.7 Å². The second kappa shape index (κ2) is 10.3. The van der Waals surface area contributed by atoms with E-state index >= 15 is 0 Å². The number of aromatic nitrogens is 1. The van der Waals surface area contributed by atoms with Crippen LogP contribution in [0, 0.1) is 5.92 Å². The van der Waals surface area contributed by atoms with Crippen molar-refractivity contribution < 1.29 is 14.4 Å². The van der Waals surface area contributed by atoms with Gasteiger partial charge >= 0.3 is 0 Å². The van der Waals surface area contributed by atoms with Crippen LogP contribution in [-0.2, 0) is 9.59 Å². The lowest BCUT2D eigenvalue weighted by Gasteiger charge is -2.32. The number of amides is 2. The molecule has 0 saturated carbocycles. The number of rotatable bonds is 8. The first kappa shape index (κ1) is 22.7. The SMILES string of the molecule is CC(=O)N1CCC[C@@H](C(=O)NC(CCCN=C(N)N)C(=O)c2nc3ccccc3s2)C1. The first-order valence-corrected chi connectivity index (χ1v) is 11.2. The van der Waals surface area contributed by atoms with Gasteiger partial charge in [0.1, 0.15) is 0 Å². The molecule has 2 amide bonds. The number of carbonyl (C=O) groups excluding carboxylic acids is 3. The Labute approximate surface area is 184 Å². The van der Waals surface area contributed by atoms with E-state index in [2.05, 4.69) is 15.3 Å². The minimum atomic E-state index is -0.727. The van der Waals surface area contributed by atoms with Gasteiger partial charge in [-0.3, -0.25) is 19.4 Å². The van der Waals surface area contributed by atoms with Crippen LogP contribution in [0.4, 0.5) is 0 Å². The number of ketones is 1. The van der Waals surface area contributed by atoms with Crippen molar-refractivity contribution in [1.29, 1.82) is 0 Å². The molecule has 9 nitrogen and oxygen atoms in total. The monoisotopic (exact) mass is 444 g/mol. The quantitative estimate of drug-likeness (QED) is 0.242. The zero-order valence-electron chi connectivity index (χ0n) is 17.5. The van der Waals surface area contributed by atoms with E-state index in [-0.39, 0.29) is 29.5 Å². The van der Waals surface area contributed by atoms with Crippen molar-refractivity contribution in [2.24, 2.45) is 22.4 Å². The van der Waals surface area contributed by atoms with Crippen molar-refractivity contribution in [3.63, 3.8) is 0 Å². The average molecular weight is 445 g/mol. The zero-order valence-corrected chi connectivity index (χ0v) is 18.4. The molecule has 1 aliphatic heterocycles. The van der Waals surface area contributed by atoms with Crippen molar-refractivity contribution >= 4 is 45.1 Å². The highest BCUT2D eigenvalue weighted by molar-refractivity contribution is 7.20. The van der Waals surface area contributed by atoms with Crippen molar-refractivity contribution in [2.75, 3.05) is 19.6 Å². The fourth-order valence-electron chi connectivity index (χ4n) is 3.67. The number of thiazole rings is 1. The third kappa shape index (κ3) is 6.00. The number of guanidine groups is 1. The summed E-state index contributed by atoms with van der Waals surface area (Å²) in [5.41, 5.74) is 11.5. The summed E-state index contributed by atoms with van der Waals surface area (Å²) in [5, 5.41) is 3.27. The highest BCUT2D eigenvalue weighted by Crippen LogP contribution is 2.24. The van der Waals surface area contributed by atoms with Crippen LogP contribution >= 0.6 is 11.3 Å². The first-order chi connectivity index (χ1) is 14.8. The van der Waals surface area contributed by atoms with Gasteiger partial charge in [0.2, 0.25) is 17.6 Å². The summed E-state index contributed by atoms with van der Waals surface area (Å²) in [6.45, 7) is 2.90. The van der Waals surface area contributed by atoms with Crippen LogP contribution in [0.15, 0.2) is 29.3 Å². The number of hydrogen-bond donors (Lipinski definition) is 3. The highest BCUT2D eigenvalue weighted by Gasteiger charge is 2.31. The zero-order chi connectivity index (χ0) is 22.4. The molecule has 1 aromatic heterocycles. The standard InChI is InChI=1S/C21H28N6O3S/c1-13(28)27-11-5-6-14(12-27)19(30)25-16(8-4-10-24-21(22)23)18(29)20-26-15-7-2-3-9-17(15)31-20/h2-3,7,9,14,16H,4-6,8,10-12H2,1H3,(H,25,30)(H4,22,23,24)/t14-,16?/m1/s1. The lowest BCUT2D eigenvalue weighted by Crippen LogP contribution is -2.49. The molecule has 0 aliphatic carbocycles. The lowest BCUT2D eigenvalue weighted by molar-refractivity contribution is -0.134. The van der Waals surface area contributed by atoms with Gasteiger partial charge in [0, 0.05) is 26.6 Å². The van der Waals surface area contributed by atoms with E-state index in [1.54, 1.807) is 4.90 Å². The first-order valence-electron chi connectivity index (χ1n) is 10.4. The van der Waals surface area contributed by atoms with Gasteiger partial charge in [0.15, 0.2) is 11.0 Å². The van der Waals surface area contributed by atoms with Crippen LogP contribution in [0.2, 0.25) is 0 Å². The Morgan fingerprint density at radius 1 is 1.32 bits per heavy atom. The topological polar surface area (TPSA) is 144 Å². The predicted molar refractivity (Wildman–Crippen MR) is 121 cm³/mol. The molecule has 0 spiro atoms. The minimum Gasteiger partial charge on any atom is -0.370 e. The maximum atomic E-state index is 13.2. The smallest absolute Gasteiger partial charge is 0.225 e. The third-order valence-electron chi connectivity index (χ3n) is 5.32. The average Bonchev–Trinajstić information content (AvgIpc) is 3.19. The number of benzene rings is 1. The van der Waals surface area contributed by atoms with E-state index in [9.17, 15) is 14.4 Å². The molecule has 5 N–H and O–H groups in total. The normalized spacial score (nSPS) is 17.2. The van der Waals surface area contributed by atoms with Crippen LogP contribution in [0.5, 0.6) is 0 Å². The molecule has 31 heavy (non-hydrogen) atoms. The van der Waals surface area contributed by atoms with Crippen molar-refractivity contribution in [3.8, 4) is 0 Å². The van der Waals surface area contributed by atoms with Gasteiger partial charge in [-0.05, 0) is 37.8 Å². The Kier molecular flexibility index (Phi) is 7.56. The number of Topliss-reactive ketones (excluding diaryl/α,β-unsaturated/α-hetero) is 1. The number of hydrogen-bond acceptors (Lipinski definition) is 6. The molecule has 0 radical (unpaired) electrons. The maximum absolute atomic E-state index is 13.2. The molecular formula is C21H28N6O3S. The summed E-state index contributed by atoms with van der Waals surface area (Å²) < 4.78 is 0.917. The molecule has 3 rings (SSSR count). The maximum Gasteiger partial charge on any atom is 0.225 e. The Morgan fingerprint density at radius 2 is 2.10 bits per heavy atom. The van der Waals surface area contributed by atoms with E-state index in [1.807, 2.05) is 24.3 Å². The van der Waals surface area contributed by atoms with Gasteiger partial charge in [-0.2, -0.15) is 0 Å². The Balaban J connectivity index is 1.73. The number of piperidine rings is 1. The van der Waals surface area contributed by atoms with Crippen molar-refractivity contribution in [2.45, 2.75) is 38.6 Å². The third-order valence-corrected chi connectivity index (χ3v) is 6.37. The highest BCUT2D eigenvalue weighted by atomic mass is 32.1. The number of likely N-dealkylation sites (tertiary alicyclic amines) is 1. The van der Waals surface area contributed by atoms with E-state index in [4.69, 9.17) is 11.5 Å². The van der Waals surface area contributed by atoms with Crippen molar-refractivity contribution in [1.82, 2.24) is 15.2 Å². The van der Waals surface area contributed by atoms with Gasteiger partial charge in [-0.15, -0.1) is 11.3 Å². The van der Waals surface area contributed by atoms with E-state index in [0.29, 0.717) is 43.9 Å². The fourth-order valence-corrected chi connectivity index (χ4v) is 4.63. The van der Waals surface area contributed by atoms with Crippen LogP contribution < -0.4 is 16.8 Å². The van der Waals surface area contributed by atoms with Gasteiger partial charge in [0.05, 0.1) is 22.2 Å². The molecule has 1 aliphatic rings. The Bertz CT molecular complexity index is 951. The molecular weight excluding hydrogens is 416 g/mol. The number of nitrogens with one attached hydrogen (secondary N) is 1. The van der Waals surface area contributed by atoms with E-state index in [0.717, 1.165) is 16.6 Å². The molecule has 10 heteroatoms. The van der Waals surface area contributed by atoms with Gasteiger partial charge in [0.25, 0.3) is 0 Å². The Morgan fingerprint density at radius 3 is 2.81 bits per heavy atom. The largest absolute Gasteiger partial charge is 0.370 e. The summed E-state index contributed by atoms with van der Waals surface area (Å²) in [7, 11) is 0. The number of para-hydroxylation sites is 1. The van der Waals surface area contributed by atoms with Crippen molar-refractivity contribution in [3.05, 3.63) is 29.3 Å². The number of nitrogens with zero attached hydrogens (tertiary/aromatic N) is 3. The van der Waals surface area contributed by atoms with Crippen LogP contribution in [0.25, 0.3) is 10.2 Å². The predicted octanol–water partition coefficient (Wildman–Crippen LogP) is 1.28. The summed E-state index contributed by atoms with van der Waals surface area (Å²) >= 11 is 1.31. The summed E-state index contributed by atoms with van der Waals surface area (Å²) in [6, 6.07) is 6.80. The molecule has 166 valence electrons. The number of aliphatic imine (C=N–C) groups is 1. The Hall–Kier alpha value is -3.01. The molecule has 0 bridgehead atoms. The summed E-state index contributed by atoms with van der Waals surface area (Å²) in [4.78, 5) is 47.9. The number of carbonyl (C=O) groups is 3. The molecule has 1 saturated heterocycles. The fraction of sp³-hybridized carbons (Fsp3) is 0.476. The van der Waals surface area contributed by atoms with Gasteiger partial charge in [-0.1, -0.05) is 12.1 Å². The number of fused-ring (bicyclic) bond motifs is 1. The van der Waals surface area contributed by atoms with E-state index in [1.165, 1.54) is 18.3 Å². The summed E-state index contributed by atoms with van der Waals surface area (Å²) in [5.74, 6) is -0.826. The summed E-state index contributed by atoms with van der Waals surface area (Å²) in [6.07, 6.45) is 2.37. The lowest BCUT2D eigenvalue weighted by atomic mass is 9.96. The van der Waals surface area contributed by atoms with Crippen LogP contribution in [0.3, 0.4) is 0 Å². The molecule has 2 atom stereocenters. The van der Waals surface area contributed by atoms with Gasteiger partial charge in [-0.25, -0.2) is 4.98 Å². The molecule has 1 fully saturated rings. The molecule has 2 heterocycles. The molecule has 2 aromatic rings. The number of nitrogens with two attached hydrogens (primary N) is 2. The van der Waals surface area contributed by atoms with E-state index < -0.39 is 6.04 Å². The van der Waals surface area contributed by atoms with Crippen LogP contribution in [-0.4, -0.2) is 59.1 Å². The molecule has 1 aromatic carbocycles. The van der Waals surface area contributed by atoms with Crippen LogP contribution in [0.1, 0.15) is 42.4 Å².